The molecule has 0 bridgehead atoms. The second-order valence-corrected chi connectivity index (χ2v) is 5.18. The molecular weight excluding hydrogens is 259 g/mol. The summed E-state index contributed by atoms with van der Waals surface area (Å²) in [5, 5.41) is 10.8. The predicted octanol–water partition coefficient (Wildman–Crippen LogP) is 2.70. The maximum atomic E-state index is 11.9. The first kappa shape index (κ1) is 15.7. The third-order valence-electron chi connectivity index (χ3n) is 2.13. The van der Waals surface area contributed by atoms with Crippen LogP contribution in [-0.4, -0.2) is 28.5 Å². The van der Waals surface area contributed by atoms with Crippen LogP contribution >= 0.6 is 0 Å². The van der Waals surface area contributed by atoms with Crippen LogP contribution in [-0.2, 0) is 6.54 Å². The van der Waals surface area contributed by atoms with Crippen molar-refractivity contribution in [3.8, 4) is 5.88 Å². The molecule has 1 aromatic rings. The average Bonchev–Trinajstić information content (AvgIpc) is 2.25. The molecule has 0 aliphatic heterocycles. The Morgan fingerprint density at radius 3 is 2.32 bits per heavy atom. The van der Waals surface area contributed by atoms with Crippen molar-refractivity contribution in [3.63, 3.8) is 0 Å². The Bertz CT molecular complexity index is 385. The molecule has 1 aromatic heterocycles. The quantitative estimate of drug-likeness (QED) is 0.899. The highest BCUT2D eigenvalue weighted by Gasteiger charge is 2.26. The molecule has 0 amide bonds. The Labute approximate surface area is 110 Å². The minimum Gasteiger partial charge on any atom is -0.476 e. The van der Waals surface area contributed by atoms with Gasteiger partial charge in [-0.3, -0.25) is 0 Å². The van der Waals surface area contributed by atoms with Gasteiger partial charge in [0.15, 0.2) is 0 Å². The number of alkyl halides is 3. The summed E-state index contributed by atoms with van der Waals surface area (Å²) < 4.78 is 40.6. The molecule has 4 nitrogen and oxygen atoms in total. The fourth-order valence-electron chi connectivity index (χ4n) is 1.15. The molecule has 0 atom stereocenters. The summed E-state index contributed by atoms with van der Waals surface area (Å²) in [5.74, 6) is 0.101. The Morgan fingerprint density at radius 2 is 1.84 bits per heavy atom. The topological polar surface area (TPSA) is 47.0 Å². The van der Waals surface area contributed by atoms with Crippen LogP contribution in [0.3, 0.4) is 0 Å². The second kappa shape index (κ2) is 6.18. The lowest BCUT2D eigenvalue weighted by molar-refractivity contribution is -0.139. The maximum Gasteiger partial charge on any atom is 0.392 e. The molecule has 19 heavy (non-hydrogen) atoms. The Kier molecular flexibility index (Phi) is 5.11. The van der Waals surface area contributed by atoms with E-state index >= 15 is 0 Å². The van der Waals surface area contributed by atoms with Crippen LogP contribution < -0.4 is 10.1 Å². The summed E-state index contributed by atoms with van der Waals surface area (Å²) in [6.07, 6.45) is -5.22. The third kappa shape index (κ3) is 7.61. The lowest BCUT2D eigenvalue weighted by Gasteiger charge is -2.19. The first-order chi connectivity index (χ1) is 8.66. The van der Waals surface area contributed by atoms with Gasteiger partial charge in [0, 0.05) is 18.2 Å². The van der Waals surface area contributed by atoms with E-state index in [0.29, 0.717) is 12.2 Å². The molecule has 108 valence electrons. The number of hydrogen-bond acceptors (Lipinski definition) is 4. The van der Waals surface area contributed by atoms with Crippen molar-refractivity contribution in [3.05, 3.63) is 17.8 Å². The Morgan fingerprint density at radius 1 is 1.16 bits per heavy atom. The van der Waals surface area contributed by atoms with Crippen molar-refractivity contribution >= 4 is 0 Å². The van der Waals surface area contributed by atoms with Gasteiger partial charge >= 0.3 is 6.18 Å². The van der Waals surface area contributed by atoms with Gasteiger partial charge in [-0.15, -0.1) is 5.10 Å². The second-order valence-electron chi connectivity index (χ2n) is 5.18. The van der Waals surface area contributed by atoms with Crippen LogP contribution in [0.2, 0.25) is 0 Å². The van der Waals surface area contributed by atoms with Crippen LogP contribution in [0.15, 0.2) is 12.1 Å². The van der Waals surface area contributed by atoms with Crippen LogP contribution in [0.4, 0.5) is 13.2 Å². The summed E-state index contributed by atoms with van der Waals surface area (Å²) in [6.45, 7) is 6.16. The van der Waals surface area contributed by atoms with E-state index in [-0.39, 0.29) is 11.4 Å². The molecule has 0 radical (unpaired) electrons. The molecule has 1 N–H and O–H groups in total. The molecule has 0 aliphatic rings. The first-order valence-corrected chi connectivity index (χ1v) is 5.93. The lowest BCUT2D eigenvalue weighted by atomic mass is 10.1. The minimum absolute atomic E-state index is 0.0381. The molecule has 0 unspecified atom stereocenters. The van der Waals surface area contributed by atoms with Gasteiger partial charge < -0.3 is 10.1 Å². The van der Waals surface area contributed by atoms with Crippen LogP contribution in [0, 0.1) is 0 Å². The summed E-state index contributed by atoms with van der Waals surface area (Å²) in [6, 6.07) is 3.19. The van der Waals surface area contributed by atoms with Crippen LogP contribution in [0.5, 0.6) is 5.88 Å². The van der Waals surface area contributed by atoms with Gasteiger partial charge in [-0.2, -0.15) is 18.3 Å². The van der Waals surface area contributed by atoms with Gasteiger partial charge in [-0.25, -0.2) is 0 Å². The number of rotatable bonds is 5. The van der Waals surface area contributed by atoms with Gasteiger partial charge in [0.05, 0.1) is 18.7 Å². The highest BCUT2D eigenvalue weighted by atomic mass is 19.4. The Hall–Kier alpha value is -1.37. The molecule has 0 saturated heterocycles. The fourth-order valence-corrected chi connectivity index (χ4v) is 1.15. The minimum atomic E-state index is -4.22. The highest BCUT2D eigenvalue weighted by molar-refractivity contribution is 5.11. The molecule has 7 heteroatoms. The summed E-state index contributed by atoms with van der Waals surface area (Å²) >= 11 is 0. The molecule has 0 fully saturated rings. The Balaban J connectivity index is 2.39. The molecule has 0 saturated carbocycles. The fraction of sp³-hybridized carbons (Fsp3) is 0.667. The average molecular weight is 277 g/mol. The van der Waals surface area contributed by atoms with E-state index in [1.807, 2.05) is 20.8 Å². The van der Waals surface area contributed by atoms with Gasteiger partial charge in [0.2, 0.25) is 5.88 Å². The van der Waals surface area contributed by atoms with Crippen molar-refractivity contribution in [1.82, 2.24) is 15.5 Å². The predicted molar refractivity (Wildman–Crippen MR) is 64.8 cm³/mol. The third-order valence-corrected chi connectivity index (χ3v) is 2.13. The zero-order valence-electron chi connectivity index (χ0n) is 11.2. The van der Waals surface area contributed by atoms with Crippen molar-refractivity contribution in [2.75, 3.05) is 6.61 Å². The molecular formula is C12H18F3N3O. The van der Waals surface area contributed by atoms with Gasteiger partial charge in [0.1, 0.15) is 0 Å². The van der Waals surface area contributed by atoms with E-state index in [2.05, 4.69) is 15.5 Å². The molecule has 0 spiro atoms. The number of ether oxygens (including phenoxy) is 1. The van der Waals surface area contributed by atoms with Crippen LogP contribution in [0.25, 0.3) is 0 Å². The van der Waals surface area contributed by atoms with Crippen molar-refractivity contribution < 1.29 is 17.9 Å². The van der Waals surface area contributed by atoms with Gasteiger partial charge in [-0.05, 0) is 26.8 Å². The zero-order chi connectivity index (χ0) is 14.5. The van der Waals surface area contributed by atoms with Crippen LogP contribution in [0.1, 0.15) is 32.9 Å². The van der Waals surface area contributed by atoms with E-state index in [9.17, 15) is 13.2 Å². The van der Waals surface area contributed by atoms with E-state index in [4.69, 9.17) is 4.74 Å². The number of aromatic nitrogens is 2. The summed E-state index contributed by atoms with van der Waals surface area (Å²) in [7, 11) is 0. The first-order valence-electron chi connectivity index (χ1n) is 5.93. The monoisotopic (exact) mass is 277 g/mol. The smallest absolute Gasteiger partial charge is 0.392 e. The largest absolute Gasteiger partial charge is 0.476 e. The number of halogens is 3. The summed E-state index contributed by atoms with van der Waals surface area (Å²) in [5.41, 5.74) is 0.668. The van der Waals surface area contributed by atoms with E-state index in [1.165, 1.54) is 6.07 Å². The summed E-state index contributed by atoms with van der Waals surface area (Å²) in [4.78, 5) is 0. The molecule has 0 aliphatic carbocycles. The standard InChI is InChI=1S/C12H18F3N3O/c1-11(2,3)16-8-9-4-5-10(18-17-9)19-7-6-12(13,14)15/h4-5,16H,6-8H2,1-3H3. The molecule has 1 heterocycles. The van der Waals surface area contributed by atoms with Crippen molar-refractivity contribution in [2.24, 2.45) is 0 Å². The van der Waals surface area contributed by atoms with E-state index in [0.717, 1.165) is 0 Å². The molecule has 0 aromatic carbocycles. The SMILES string of the molecule is CC(C)(C)NCc1ccc(OCCC(F)(F)F)nn1. The zero-order valence-corrected chi connectivity index (χ0v) is 11.2. The maximum absolute atomic E-state index is 11.9. The molecule has 1 rings (SSSR count). The van der Waals surface area contributed by atoms with E-state index < -0.39 is 19.2 Å². The van der Waals surface area contributed by atoms with Gasteiger partial charge in [0.25, 0.3) is 0 Å². The van der Waals surface area contributed by atoms with Crippen molar-refractivity contribution in [2.45, 2.75) is 45.5 Å². The number of nitrogens with zero attached hydrogens (tertiary/aromatic N) is 2. The van der Waals surface area contributed by atoms with Crippen molar-refractivity contribution in [1.29, 1.82) is 0 Å². The normalized spacial score (nSPS) is 12.5. The number of hydrogen-bond donors (Lipinski definition) is 1. The van der Waals surface area contributed by atoms with Gasteiger partial charge in [-0.1, -0.05) is 0 Å². The lowest BCUT2D eigenvalue weighted by Crippen LogP contribution is -2.35. The highest BCUT2D eigenvalue weighted by Crippen LogP contribution is 2.19. The van der Waals surface area contributed by atoms with E-state index in [1.54, 1.807) is 6.07 Å². The number of nitrogens with one attached hydrogen (secondary N) is 1.